The van der Waals surface area contributed by atoms with Crippen LogP contribution in [0.25, 0.3) is 0 Å². The lowest BCUT2D eigenvalue weighted by atomic mass is 9.85. The summed E-state index contributed by atoms with van der Waals surface area (Å²) in [4.78, 5) is 11.1. The maximum atomic E-state index is 11.4. The van der Waals surface area contributed by atoms with Crippen LogP contribution in [0.3, 0.4) is 0 Å². The van der Waals surface area contributed by atoms with E-state index in [9.17, 15) is 13.2 Å². The fourth-order valence-electron chi connectivity index (χ4n) is 2.70. The first-order valence-electron chi connectivity index (χ1n) is 6.90. The van der Waals surface area contributed by atoms with Crippen molar-refractivity contribution in [3.05, 3.63) is 23.8 Å². The minimum atomic E-state index is -3.74. The number of nitrogens with two attached hydrogens (primary N) is 1. The molecule has 1 aliphatic carbocycles. The summed E-state index contributed by atoms with van der Waals surface area (Å²) in [5.74, 6) is -1.10. The Hall–Kier alpha value is -1.60. The maximum absolute atomic E-state index is 11.4. The number of aliphatic carboxylic acids is 1. The number of primary sulfonamides is 1. The van der Waals surface area contributed by atoms with Gasteiger partial charge >= 0.3 is 5.97 Å². The molecule has 7 heteroatoms. The zero-order chi connectivity index (χ0) is 15.6. The Kier molecular flexibility index (Phi) is 4.53. The predicted molar refractivity (Wildman–Crippen MR) is 79.6 cm³/mol. The van der Waals surface area contributed by atoms with E-state index in [4.69, 9.17) is 10.2 Å². The zero-order valence-electron chi connectivity index (χ0n) is 11.9. The topological polar surface area (TPSA) is 109 Å². The van der Waals surface area contributed by atoms with Crippen LogP contribution in [-0.4, -0.2) is 25.5 Å². The van der Waals surface area contributed by atoms with E-state index in [-0.39, 0.29) is 16.9 Å². The third kappa shape index (κ3) is 3.95. The summed E-state index contributed by atoms with van der Waals surface area (Å²) in [5, 5.41) is 17.5. The molecule has 1 aromatic rings. The second-order valence-corrected chi connectivity index (χ2v) is 7.13. The van der Waals surface area contributed by atoms with Gasteiger partial charge in [0.1, 0.15) is 0 Å². The lowest BCUT2D eigenvalue weighted by molar-refractivity contribution is -0.142. The van der Waals surface area contributed by atoms with Crippen molar-refractivity contribution >= 4 is 21.7 Å². The van der Waals surface area contributed by atoms with Gasteiger partial charge in [0.05, 0.1) is 10.8 Å². The van der Waals surface area contributed by atoms with Crippen LogP contribution >= 0.6 is 0 Å². The number of carbonyl (C=O) groups is 1. The van der Waals surface area contributed by atoms with Crippen molar-refractivity contribution < 1.29 is 18.3 Å². The van der Waals surface area contributed by atoms with Crippen molar-refractivity contribution in [2.75, 3.05) is 5.32 Å². The molecule has 1 fully saturated rings. The van der Waals surface area contributed by atoms with Crippen LogP contribution in [0.2, 0.25) is 0 Å². The summed E-state index contributed by atoms with van der Waals surface area (Å²) in [6, 6.07) is 4.71. The van der Waals surface area contributed by atoms with Crippen molar-refractivity contribution in [2.45, 2.75) is 43.5 Å². The summed E-state index contributed by atoms with van der Waals surface area (Å²) in [6.45, 7) is 1.87. The van der Waals surface area contributed by atoms with Gasteiger partial charge in [0.15, 0.2) is 0 Å². The first-order valence-corrected chi connectivity index (χ1v) is 8.45. The smallest absolute Gasteiger partial charge is 0.306 e. The van der Waals surface area contributed by atoms with Crippen molar-refractivity contribution in [1.82, 2.24) is 0 Å². The van der Waals surface area contributed by atoms with E-state index in [2.05, 4.69) is 5.32 Å². The van der Waals surface area contributed by atoms with Gasteiger partial charge in [0.25, 0.3) is 0 Å². The highest BCUT2D eigenvalue weighted by atomic mass is 32.2. The highest BCUT2D eigenvalue weighted by Gasteiger charge is 2.27. The number of hydrogen-bond donors (Lipinski definition) is 3. The number of sulfonamides is 1. The second-order valence-electron chi connectivity index (χ2n) is 5.56. The van der Waals surface area contributed by atoms with Crippen LogP contribution in [-0.2, 0) is 14.8 Å². The highest BCUT2D eigenvalue weighted by Crippen LogP contribution is 2.28. The largest absolute Gasteiger partial charge is 0.481 e. The molecule has 116 valence electrons. The number of anilines is 1. The molecule has 0 aromatic heterocycles. The quantitative estimate of drug-likeness (QED) is 0.784. The van der Waals surface area contributed by atoms with Crippen LogP contribution in [0.4, 0.5) is 5.69 Å². The van der Waals surface area contributed by atoms with Crippen molar-refractivity contribution in [3.8, 4) is 0 Å². The van der Waals surface area contributed by atoms with Crippen LogP contribution < -0.4 is 10.5 Å². The summed E-state index contributed by atoms with van der Waals surface area (Å²) in [7, 11) is -3.74. The minimum absolute atomic E-state index is 0.0364. The normalized spacial score (nSPS) is 22.8. The van der Waals surface area contributed by atoms with Crippen LogP contribution in [0.15, 0.2) is 23.1 Å². The first-order chi connectivity index (χ1) is 9.77. The van der Waals surface area contributed by atoms with E-state index >= 15 is 0 Å². The van der Waals surface area contributed by atoms with E-state index in [0.29, 0.717) is 18.5 Å². The average molecular weight is 312 g/mol. The number of carboxylic acids is 1. The third-order valence-corrected chi connectivity index (χ3v) is 4.83. The Labute approximate surface area is 124 Å². The molecule has 2 unspecified atom stereocenters. The Bertz CT molecular complexity index is 642. The summed E-state index contributed by atoms with van der Waals surface area (Å²) < 4.78 is 22.8. The molecule has 0 spiro atoms. The van der Waals surface area contributed by atoms with Crippen LogP contribution in [0.1, 0.15) is 31.2 Å². The Morgan fingerprint density at radius 1 is 1.38 bits per heavy atom. The number of benzene rings is 1. The van der Waals surface area contributed by atoms with Crippen molar-refractivity contribution in [2.24, 2.45) is 11.1 Å². The Morgan fingerprint density at radius 3 is 2.71 bits per heavy atom. The number of carboxylic acid groups (broad SMARTS) is 1. The summed E-state index contributed by atoms with van der Waals surface area (Å²) in [5.41, 5.74) is 1.59. The predicted octanol–water partition coefficient (Wildman–Crippen LogP) is 1.70. The van der Waals surface area contributed by atoms with Gasteiger partial charge in [-0.25, -0.2) is 13.6 Å². The van der Waals surface area contributed by atoms with E-state index in [1.807, 2.05) is 6.92 Å². The molecule has 2 rings (SSSR count). The minimum Gasteiger partial charge on any atom is -0.481 e. The van der Waals surface area contributed by atoms with E-state index in [1.165, 1.54) is 12.1 Å². The van der Waals surface area contributed by atoms with Gasteiger partial charge in [-0.3, -0.25) is 4.79 Å². The molecule has 0 bridgehead atoms. The number of aryl methyl sites for hydroxylation is 1. The Morgan fingerprint density at radius 2 is 2.10 bits per heavy atom. The molecule has 1 aromatic carbocycles. The molecule has 4 N–H and O–H groups in total. The lowest BCUT2D eigenvalue weighted by Gasteiger charge is -2.28. The summed E-state index contributed by atoms with van der Waals surface area (Å²) >= 11 is 0. The van der Waals surface area contributed by atoms with Gasteiger partial charge in [-0.2, -0.15) is 0 Å². The Balaban J connectivity index is 2.17. The molecule has 0 heterocycles. The van der Waals surface area contributed by atoms with E-state index < -0.39 is 16.0 Å². The van der Waals surface area contributed by atoms with E-state index in [1.54, 1.807) is 6.07 Å². The second kappa shape index (κ2) is 6.03. The number of nitrogens with one attached hydrogen (secondary N) is 1. The van der Waals surface area contributed by atoms with Crippen molar-refractivity contribution in [3.63, 3.8) is 0 Å². The zero-order valence-corrected chi connectivity index (χ0v) is 12.7. The van der Waals surface area contributed by atoms with Gasteiger partial charge < -0.3 is 10.4 Å². The van der Waals surface area contributed by atoms with Gasteiger partial charge in [0.2, 0.25) is 10.0 Å². The van der Waals surface area contributed by atoms with Crippen molar-refractivity contribution in [1.29, 1.82) is 0 Å². The highest BCUT2D eigenvalue weighted by molar-refractivity contribution is 7.89. The van der Waals surface area contributed by atoms with Gasteiger partial charge in [-0.05, 0) is 43.9 Å². The van der Waals surface area contributed by atoms with Gasteiger partial charge in [0, 0.05) is 11.7 Å². The van der Waals surface area contributed by atoms with Gasteiger partial charge in [-0.1, -0.05) is 12.5 Å². The fourth-order valence-corrected chi connectivity index (χ4v) is 3.24. The molecule has 1 saturated carbocycles. The fraction of sp³-hybridized carbons (Fsp3) is 0.500. The molecule has 0 radical (unpaired) electrons. The molecule has 0 saturated heterocycles. The standard InChI is InChI=1S/C14H20N2O4S/c1-9-5-6-12(21(15,19)20)8-13(9)16-11-4-2-3-10(7-11)14(17)18/h5-6,8,10-11,16H,2-4,7H2,1H3,(H,17,18)(H2,15,19,20). The average Bonchev–Trinajstić information content (AvgIpc) is 2.40. The number of rotatable bonds is 4. The molecule has 21 heavy (non-hydrogen) atoms. The number of hydrogen-bond acceptors (Lipinski definition) is 4. The molecule has 0 amide bonds. The van der Waals surface area contributed by atoms with Crippen LogP contribution in [0.5, 0.6) is 0 Å². The molecule has 1 aliphatic rings. The third-order valence-electron chi connectivity index (χ3n) is 3.92. The monoisotopic (exact) mass is 312 g/mol. The SMILES string of the molecule is Cc1ccc(S(N)(=O)=O)cc1NC1CCCC(C(=O)O)C1. The van der Waals surface area contributed by atoms with Gasteiger partial charge in [-0.15, -0.1) is 0 Å². The lowest BCUT2D eigenvalue weighted by Crippen LogP contribution is -2.31. The molecular weight excluding hydrogens is 292 g/mol. The molecule has 6 nitrogen and oxygen atoms in total. The van der Waals surface area contributed by atoms with Crippen LogP contribution in [0, 0.1) is 12.8 Å². The first kappa shape index (κ1) is 15.8. The molecule has 0 aliphatic heterocycles. The molecular formula is C14H20N2O4S. The molecule has 2 atom stereocenters. The summed E-state index contributed by atoms with van der Waals surface area (Å²) in [6.07, 6.45) is 2.98. The van der Waals surface area contributed by atoms with E-state index in [0.717, 1.165) is 18.4 Å². The maximum Gasteiger partial charge on any atom is 0.306 e.